The molecule has 3 aliphatic rings. The topological polar surface area (TPSA) is 95.9 Å². The molecule has 2 aliphatic carbocycles. The number of hydrogen-bond donors (Lipinski definition) is 2. The molecule has 7 heteroatoms. The monoisotopic (exact) mass is 472 g/mol. The van der Waals surface area contributed by atoms with Crippen LogP contribution in [0.3, 0.4) is 0 Å². The standard InChI is InChI=1S/C28H28N2O5/c31-26(30-14-12-18(13-15-30)27(32)33)19-6-5-7-20(16-19)29-28(34)35-17-25-23-10-3-1-8-21(23)22-9-2-4-11-24(22)25/h1-5,7-12,19-20,25H,6,13-17H2,(H,29,34)(H,32,33)/t19-,20-/m1/s1. The van der Waals surface area contributed by atoms with Gasteiger partial charge in [-0.05, 0) is 41.5 Å². The zero-order chi connectivity index (χ0) is 24.4. The molecule has 2 aromatic carbocycles. The minimum Gasteiger partial charge on any atom is -0.478 e. The fraction of sp³-hybridized carbons (Fsp3) is 0.321. The minimum absolute atomic E-state index is 0.00521. The summed E-state index contributed by atoms with van der Waals surface area (Å²) in [6, 6.07) is 16.1. The van der Waals surface area contributed by atoms with E-state index in [1.807, 2.05) is 36.4 Å². The number of carboxylic acid groups (broad SMARTS) is 1. The van der Waals surface area contributed by atoms with Gasteiger partial charge in [0, 0.05) is 30.5 Å². The number of nitrogens with one attached hydrogen (secondary N) is 1. The van der Waals surface area contributed by atoms with Gasteiger partial charge in [-0.2, -0.15) is 0 Å². The normalized spacial score (nSPS) is 21.0. The van der Waals surface area contributed by atoms with Crippen LogP contribution in [0.5, 0.6) is 0 Å². The van der Waals surface area contributed by atoms with Crippen molar-refractivity contribution in [2.45, 2.75) is 31.2 Å². The Balaban J connectivity index is 1.16. The second kappa shape index (κ2) is 9.78. The number of carbonyl (C=O) groups excluding carboxylic acids is 2. The van der Waals surface area contributed by atoms with Crippen molar-refractivity contribution >= 4 is 18.0 Å². The van der Waals surface area contributed by atoms with E-state index in [1.165, 1.54) is 11.1 Å². The van der Waals surface area contributed by atoms with Gasteiger partial charge in [0.2, 0.25) is 5.91 Å². The summed E-state index contributed by atoms with van der Waals surface area (Å²) in [5.41, 5.74) is 5.03. The summed E-state index contributed by atoms with van der Waals surface area (Å²) in [5, 5.41) is 12.0. The summed E-state index contributed by atoms with van der Waals surface area (Å²) in [6.07, 6.45) is 6.38. The zero-order valence-corrected chi connectivity index (χ0v) is 19.4. The summed E-state index contributed by atoms with van der Waals surface area (Å²) in [5.74, 6) is -1.19. The lowest BCUT2D eigenvalue weighted by Crippen LogP contribution is -2.44. The summed E-state index contributed by atoms with van der Waals surface area (Å²) >= 11 is 0. The number of amides is 2. The van der Waals surface area contributed by atoms with Crippen molar-refractivity contribution < 1.29 is 24.2 Å². The number of nitrogens with zero attached hydrogens (tertiary/aromatic N) is 1. The first kappa shape index (κ1) is 22.9. The third-order valence-electron chi connectivity index (χ3n) is 7.12. The Morgan fingerprint density at radius 1 is 1.03 bits per heavy atom. The average molecular weight is 473 g/mol. The van der Waals surface area contributed by atoms with Crippen LogP contribution in [0.2, 0.25) is 0 Å². The van der Waals surface area contributed by atoms with Gasteiger partial charge in [-0.1, -0.05) is 66.8 Å². The summed E-state index contributed by atoms with van der Waals surface area (Å²) < 4.78 is 5.65. The molecular formula is C28H28N2O5. The maximum absolute atomic E-state index is 13.0. The molecule has 0 saturated heterocycles. The molecule has 0 spiro atoms. The highest BCUT2D eigenvalue weighted by atomic mass is 16.5. The first-order valence-corrected chi connectivity index (χ1v) is 12.0. The number of aliphatic carboxylic acids is 1. The molecule has 0 fully saturated rings. The van der Waals surface area contributed by atoms with Crippen LogP contribution in [0.4, 0.5) is 4.79 Å². The third kappa shape index (κ3) is 4.71. The van der Waals surface area contributed by atoms with Crippen molar-refractivity contribution in [2.75, 3.05) is 19.7 Å². The van der Waals surface area contributed by atoms with Gasteiger partial charge >= 0.3 is 12.1 Å². The smallest absolute Gasteiger partial charge is 0.407 e. The fourth-order valence-electron chi connectivity index (χ4n) is 5.31. The van der Waals surface area contributed by atoms with Crippen LogP contribution >= 0.6 is 0 Å². The molecule has 0 saturated carbocycles. The zero-order valence-electron chi connectivity index (χ0n) is 19.4. The van der Waals surface area contributed by atoms with Gasteiger partial charge in [0.25, 0.3) is 0 Å². The lowest BCUT2D eigenvalue weighted by molar-refractivity contribution is -0.137. The molecular weight excluding hydrogens is 444 g/mol. The molecule has 2 atom stereocenters. The van der Waals surface area contributed by atoms with Gasteiger partial charge in [-0.25, -0.2) is 9.59 Å². The van der Waals surface area contributed by atoms with E-state index < -0.39 is 12.1 Å². The van der Waals surface area contributed by atoms with E-state index >= 15 is 0 Å². The minimum atomic E-state index is -0.926. The highest BCUT2D eigenvalue weighted by Crippen LogP contribution is 2.44. The molecule has 1 heterocycles. The predicted molar refractivity (Wildman–Crippen MR) is 131 cm³/mol. The molecule has 180 valence electrons. The maximum atomic E-state index is 13.0. The molecule has 0 unspecified atom stereocenters. The number of rotatable bonds is 5. The second-order valence-corrected chi connectivity index (χ2v) is 9.24. The van der Waals surface area contributed by atoms with E-state index in [0.29, 0.717) is 37.9 Å². The van der Waals surface area contributed by atoms with Gasteiger partial charge in [-0.15, -0.1) is 0 Å². The molecule has 1 aliphatic heterocycles. The first-order valence-electron chi connectivity index (χ1n) is 12.0. The number of hydrogen-bond acceptors (Lipinski definition) is 4. The van der Waals surface area contributed by atoms with Crippen LogP contribution in [0.1, 0.15) is 36.3 Å². The van der Waals surface area contributed by atoms with Gasteiger partial charge in [0.1, 0.15) is 6.61 Å². The van der Waals surface area contributed by atoms with E-state index in [0.717, 1.165) is 11.1 Å². The van der Waals surface area contributed by atoms with E-state index in [1.54, 1.807) is 11.0 Å². The Morgan fingerprint density at radius 2 is 1.71 bits per heavy atom. The molecule has 0 bridgehead atoms. The van der Waals surface area contributed by atoms with Crippen LogP contribution in [0.15, 0.2) is 72.3 Å². The largest absolute Gasteiger partial charge is 0.478 e. The Bertz CT molecular complexity index is 1170. The molecule has 2 N–H and O–H groups in total. The van der Waals surface area contributed by atoms with Gasteiger partial charge in [0.05, 0.1) is 6.04 Å². The van der Waals surface area contributed by atoms with Crippen molar-refractivity contribution in [3.8, 4) is 11.1 Å². The molecule has 2 amide bonds. The van der Waals surface area contributed by atoms with Crippen LogP contribution in [-0.4, -0.2) is 53.7 Å². The quantitative estimate of drug-likeness (QED) is 0.639. The number of fused-ring (bicyclic) bond motifs is 3. The SMILES string of the molecule is O=C(N[C@@H]1C=CC[C@@H](C(=O)N2CC=C(C(=O)O)CC2)C1)OCC1c2ccccc2-c2ccccc21. The van der Waals surface area contributed by atoms with E-state index in [2.05, 4.69) is 29.6 Å². The second-order valence-electron chi connectivity index (χ2n) is 9.24. The van der Waals surface area contributed by atoms with E-state index in [9.17, 15) is 14.4 Å². The Kier molecular flexibility index (Phi) is 6.40. The van der Waals surface area contributed by atoms with E-state index in [-0.39, 0.29) is 30.4 Å². The van der Waals surface area contributed by atoms with Crippen LogP contribution < -0.4 is 5.32 Å². The Hall–Kier alpha value is -3.87. The van der Waals surface area contributed by atoms with Crippen molar-refractivity contribution in [3.63, 3.8) is 0 Å². The maximum Gasteiger partial charge on any atom is 0.407 e. The number of benzene rings is 2. The van der Waals surface area contributed by atoms with Crippen molar-refractivity contribution in [1.82, 2.24) is 10.2 Å². The molecule has 0 radical (unpaired) electrons. The predicted octanol–water partition coefficient (Wildman–Crippen LogP) is 4.10. The van der Waals surface area contributed by atoms with Gasteiger partial charge < -0.3 is 20.1 Å². The first-order chi connectivity index (χ1) is 17.0. The highest BCUT2D eigenvalue weighted by molar-refractivity contribution is 5.87. The number of ether oxygens (including phenoxy) is 1. The summed E-state index contributed by atoms with van der Waals surface area (Å²) in [4.78, 5) is 38.4. The van der Waals surface area contributed by atoms with Gasteiger partial charge in [-0.3, -0.25) is 4.79 Å². The molecule has 7 nitrogen and oxygen atoms in total. The number of carboxylic acids is 1. The van der Waals surface area contributed by atoms with Crippen LogP contribution in [0.25, 0.3) is 11.1 Å². The van der Waals surface area contributed by atoms with Crippen LogP contribution in [-0.2, 0) is 14.3 Å². The third-order valence-corrected chi connectivity index (χ3v) is 7.12. The van der Waals surface area contributed by atoms with E-state index in [4.69, 9.17) is 9.84 Å². The summed E-state index contributed by atoms with van der Waals surface area (Å²) in [6.45, 7) is 0.956. The van der Waals surface area contributed by atoms with Crippen molar-refractivity contribution in [3.05, 3.63) is 83.5 Å². The molecule has 2 aromatic rings. The molecule has 35 heavy (non-hydrogen) atoms. The molecule has 0 aromatic heterocycles. The summed E-state index contributed by atoms with van der Waals surface area (Å²) in [7, 11) is 0. The number of carbonyl (C=O) groups is 3. The number of alkyl carbamates (subject to hydrolysis) is 1. The lowest BCUT2D eigenvalue weighted by atomic mass is 9.89. The Labute approximate surface area is 204 Å². The van der Waals surface area contributed by atoms with Gasteiger partial charge in [0.15, 0.2) is 0 Å². The fourth-order valence-corrected chi connectivity index (χ4v) is 5.31. The van der Waals surface area contributed by atoms with Crippen molar-refractivity contribution in [2.24, 2.45) is 5.92 Å². The molecule has 5 rings (SSSR count). The average Bonchev–Trinajstić information content (AvgIpc) is 3.21. The lowest BCUT2D eigenvalue weighted by Gasteiger charge is -2.31. The Morgan fingerprint density at radius 3 is 2.34 bits per heavy atom. The van der Waals surface area contributed by atoms with Crippen LogP contribution in [0, 0.1) is 5.92 Å². The highest BCUT2D eigenvalue weighted by Gasteiger charge is 2.32. The number of allylic oxidation sites excluding steroid dienone is 1. The van der Waals surface area contributed by atoms with Crippen molar-refractivity contribution in [1.29, 1.82) is 0 Å².